The van der Waals surface area contributed by atoms with E-state index >= 15 is 0 Å². The molecule has 84 valence electrons. The monoisotopic (exact) mass is 225 g/mol. The molecule has 16 heavy (non-hydrogen) atoms. The van der Waals surface area contributed by atoms with E-state index < -0.39 is 24.3 Å². The molecular formula is C11H9F2NO2. The predicted molar refractivity (Wildman–Crippen MR) is 52.1 cm³/mol. The number of nitrogens with zero attached hydrogens (tertiary/aromatic N) is 1. The van der Waals surface area contributed by atoms with E-state index in [9.17, 15) is 13.6 Å². The molecule has 0 radical (unpaired) electrons. The van der Waals surface area contributed by atoms with Crippen LogP contribution in [-0.4, -0.2) is 17.1 Å². The van der Waals surface area contributed by atoms with Gasteiger partial charge in [-0.25, -0.2) is 13.6 Å². The van der Waals surface area contributed by atoms with Gasteiger partial charge in [-0.1, -0.05) is 12.1 Å². The van der Waals surface area contributed by atoms with Crippen LogP contribution in [0.1, 0.15) is 18.4 Å². The van der Waals surface area contributed by atoms with E-state index in [1.165, 1.54) is 30.3 Å². The van der Waals surface area contributed by atoms with Crippen molar-refractivity contribution >= 4 is 6.08 Å². The van der Waals surface area contributed by atoms with E-state index in [0.29, 0.717) is 5.56 Å². The predicted octanol–water partition coefficient (Wildman–Crippen LogP) is 2.35. The molecule has 1 aliphatic rings. The number of rotatable bonds is 2. The highest BCUT2D eigenvalue weighted by Gasteiger charge is 2.58. The molecule has 0 amide bonds. The number of phenols is 1. The summed E-state index contributed by atoms with van der Waals surface area (Å²) in [5.74, 6) is -2.74. The molecule has 0 atom stereocenters. The molecular weight excluding hydrogens is 216 g/mol. The molecule has 1 saturated carbocycles. The zero-order chi connectivity index (χ0) is 11.8. The van der Waals surface area contributed by atoms with Crippen LogP contribution < -0.4 is 0 Å². The van der Waals surface area contributed by atoms with E-state index in [1.807, 2.05) is 0 Å². The van der Waals surface area contributed by atoms with Crippen molar-refractivity contribution in [2.24, 2.45) is 4.99 Å². The van der Waals surface area contributed by atoms with Crippen LogP contribution in [0.15, 0.2) is 29.3 Å². The van der Waals surface area contributed by atoms with E-state index in [4.69, 9.17) is 5.11 Å². The van der Waals surface area contributed by atoms with E-state index in [0.717, 1.165) is 0 Å². The standard InChI is InChI=1S/C11H9F2NO2/c12-11(13)5-10(6-11,14-7-15)8-1-3-9(16)4-2-8/h1-4,16H,5-6H2. The Hall–Kier alpha value is -1.74. The van der Waals surface area contributed by atoms with E-state index in [1.54, 1.807) is 0 Å². The lowest BCUT2D eigenvalue weighted by Crippen LogP contribution is -2.48. The second kappa shape index (κ2) is 3.39. The number of hydrogen-bond donors (Lipinski definition) is 1. The first-order valence-electron chi connectivity index (χ1n) is 4.74. The van der Waals surface area contributed by atoms with Gasteiger partial charge in [-0.3, -0.25) is 0 Å². The number of phenolic OH excluding ortho intramolecular Hbond substituents is 1. The molecule has 1 aliphatic carbocycles. The van der Waals surface area contributed by atoms with Gasteiger partial charge in [0.15, 0.2) is 0 Å². The maximum absolute atomic E-state index is 12.9. The molecule has 2 rings (SSSR count). The summed E-state index contributed by atoms with van der Waals surface area (Å²) >= 11 is 0. The van der Waals surface area contributed by atoms with Crippen molar-refractivity contribution < 1.29 is 18.7 Å². The highest BCUT2D eigenvalue weighted by molar-refractivity contribution is 5.41. The van der Waals surface area contributed by atoms with Gasteiger partial charge in [-0.05, 0) is 17.7 Å². The molecule has 0 saturated heterocycles. The number of isocyanates is 1. The number of aliphatic imine (C=N–C) groups is 1. The maximum atomic E-state index is 12.9. The van der Waals surface area contributed by atoms with Gasteiger partial charge in [0.1, 0.15) is 11.3 Å². The topological polar surface area (TPSA) is 49.7 Å². The molecule has 0 heterocycles. The Labute approximate surface area is 90.4 Å². The summed E-state index contributed by atoms with van der Waals surface area (Å²) in [7, 11) is 0. The molecule has 0 unspecified atom stereocenters. The first kappa shape index (κ1) is 10.8. The molecule has 1 aromatic carbocycles. The van der Waals surface area contributed by atoms with Gasteiger partial charge in [0, 0.05) is 12.8 Å². The first-order chi connectivity index (χ1) is 7.47. The van der Waals surface area contributed by atoms with Crippen LogP contribution in [0.25, 0.3) is 0 Å². The first-order valence-corrected chi connectivity index (χ1v) is 4.74. The third kappa shape index (κ3) is 1.70. The summed E-state index contributed by atoms with van der Waals surface area (Å²) in [5, 5.41) is 9.09. The third-order valence-corrected chi connectivity index (χ3v) is 2.77. The van der Waals surface area contributed by atoms with Crippen molar-refractivity contribution in [3.8, 4) is 5.75 Å². The van der Waals surface area contributed by atoms with Crippen LogP contribution in [0.5, 0.6) is 5.75 Å². The zero-order valence-electron chi connectivity index (χ0n) is 8.28. The Morgan fingerprint density at radius 3 is 2.25 bits per heavy atom. The quantitative estimate of drug-likeness (QED) is 0.620. The minimum absolute atomic E-state index is 0.0417. The van der Waals surface area contributed by atoms with E-state index in [-0.39, 0.29) is 5.75 Å². The molecule has 1 N–H and O–H groups in total. The van der Waals surface area contributed by atoms with Gasteiger partial charge in [0.05, 0.1) is 0 Å². The third-order valence-electron chi connectivity index (χ3n) is 2.77. The number of alkyl halides is 2. The lowest BCUT2D eigenvalue weighted by atomic mass is 9.69. The maximum Gasteiger partial charge on any atom is 0.253 e. The van der Waals surface area contributed by atoms with Gasteiger partial charge >= 0.3 is 0 Å². The average molecular weight is 225 g/mol. The zero-order valence-corrected chi connectivity index (χ0v) is 8.28. The van der Waals surface area contributed by atoms with Crippen LogP contribution in [0.2, 0.25) is 0 Å². The van der Waals surface area contributed by atoms with Gasteiger partial charge in [-0.2, -0.15) is 4.99 Å². The fourth-order valence-corrected chi connectivity index (χ4v) is 2.01. The lowest BCUT2D eigenvalue weighted by molar-refractivity contribution is -0.124. The van der Waals surface area contributed by atoms with Crippen molar-refractivity contribution in [2.75, 3.05) is 0 Å². The van der Waals surface area contributed by atoms with Crippen LogP contribution in [0.4, 0.5) is 8.78 Å². The number of aromatic hydroxyl groups is 1. The minimum Gasteiger partial charge on any atom is -0.508 e. The van der Waals surface area contributed by atoms with Crippen LogP contribution in [0.3, 0.4) is 0 Å². The lowest BCUT2D eigenvalue weighted by Gasteiger charge is -2.43. The number of carbonyl (C=O) groups excluding carboxylic acids is 1. The summed E-state index contributed by atoms with van der Waals surface area (Å²) in [4.78, 5) is 13.8. The molecule has 1 fully saturated rings. The summed E-state index contributed by atoms with van der Waals surface area (Å²) in [5.41, 5.74) is -0.668. The Morgan fingerprint density at radius 2 is 1.81 bits per heavy atom. The number of benzene rings is 1. The molecule has 0 aromatic heterocycles. The summed E-state index contributed by atoms with van der Waals surface area (Å²) in [6.07, 6.45) is 0.368. The van der Waals surface area contributed by atoms with Crippen molar-refractivity contribution in [1.29, 1.82) is 0 Å². The minimum atomic E-state index is -2.78. The highest BCUT2D eigenvalue weighted by Crippen LogP contribution is 2.54. The Morgan fingerprint density at radius 1 is 1.25 bits per heavy atom. The molecule has 3 nitrogen and oxygen atoms in total. The Balaban J connectivity index is 2.35. The van der Waals surface area contributed by atoms with Crippen molar-refractivity contribution in [2.45, 2.75) is 24.3 Å². The highest BCUT2D eigenvalue weighted by atomic mass is 19.3. The fraction of sp³-hybridized carbons (Fsp3) is 0.364. The van der Waals surface area contributed by atoms with Gasteiger partial charge in [0.2, 0.25) is 6.08 Å². The van der Waals surface area contributed by atoms with Crippen molar-refractivity contribution in [1.82, 2.24) is 0 Å². The molecule has 0 spiro atoms. The molecule has 0 bridgehead atoms. The van der Waals surface area contributed by atoms with Gasteiger partial charge in [0.25, 0.3) is 5.92 Å². The van der Waals surface area contributed by atoms with Gasteiger partial charge in [-0.15, -0.1) is 0 Å². The SMILES string of the molecule is O=C=NC1(c2ccc(O)cc2)CC(F)(F)C1. The molecule has 5 heteroatoms. The van der Waals surface area contributed by atoms with Crippen LogP contribution in [-0.2, 0) is 10.3 Å². The molecule has 0 aliphatic heterocycles. The largest absolute Gasteiger partial charge is 0.508 e. The summed E-state index contributed by atoms with van der Waals surface area (Å²) < 4.78 is 25.8. The summed E-state index contributed by atoms with van der Waals surface area (Å²) in [6.45, 7) is 0. The number of halogens is 2. The Kier molecular flexibility index (Phi) is 2.28. The van der Waals surface area contributed by atoms with Gasteiger partial charge < -0.3 is 5.11 Å². The smallest absolute Gasteiger partial charge is 0.253 e. The second-order valence-corrected chi connectivity index (χ2v) is 3.99. The van der Waals surface area contributed by atoms with Crippen molar-refractivity contribution in [3.05, 3.63) is 29.8 Å². The fourth-order valence-electron chi connectivity index (χ4n) is 2.01. The normalized spacial score (nSPS) is 20.6. The Bertz CT molecular complexity index is 442. The van der Waals surface area contributed by atoms with Crippen LogP contribution in [0, 0.1) is 0 Å². The average Bonchev–Trinajstić information content (AvgIpc) is 2.16. The summed E-state index contributed by atoms with van der Waals surface area (Å²) in [6, 6.07) is 5.75. The molecule has 1 aromatic rings. The number of hydrogen-bond acceptors (Lipinski definition) is 3. The van der Waals surface area contributed by atoms with Crippen molar-refractivity contribution in [3.63, 3.8) is 0 Å². The van der Waals surface area contributed by atoms with E-state index in [2.05, 4.69) is 4.99 Å². The second-order valence-electron chi connectivity index (χ2n) is 3.99. The van der Waals surface area contributed by atoms with Crippen LogP contribution >= 0.6 is 0 Å².